The lowest BCUT2D eigenvalue weighted by Crippen LogP contribution is -2.16. The smallest absolute Gasteiger partial charge is 0.312 e. The van der Waals surface area contributed by atoms with Crippen LogP contribution in [0.3, 0.4) is 0 Å². The number of carbonyl (C=O) groups is 2. The molecule has 1 unspecified atom stereocenters. The Labute approximate surface area is 126 Å². The fraction of sp³-hybridized carbons (Fsp3) is 0.333. The Morgan fingerprint density at radius 2 is 2.05 bits per heavy atom. The number of aromatic nitrogens is 1. The fourth-order valence-corrected chi connectivity index (χ4v) is 2.96. The number of rotatable bonds is 3. The Morgan fingerprint density at radius 3 is 2.71 bits per heavy atom. The maximum atomic E-state index is 12.5. The first-order chi connectivity index (χ1) is 10.1. The van der Waals surface area contributed by atoms with Crippen molar-refractivity contribution < 1.29 is 19.1 Å². The summed E-state index contributed by atoms with van der Waals surface area (Å²) in [5, 5.41) is 9.50. The van der Waals surface area contributed by atoms with Gasteiger partial charge in [-0.1, -0.05) is 6.42 Å². The van der Waals surface area contributed by atoms with Crippen LogP contribution in [0.15, 0.2) is 28.7 Å². The van der Waals surface area contributed by atoms with Gasteiger partial charge in [-0.3, -0.25) is 9.59 Å². The number of hydrogen-bond acceptors (Lipinski definition) is 3. The van der Waals surface area contributed by atoms with E-state index in [4.69, 9.17) is 16.0 Å². The van der Waals surface area contributed by atoms with E-state index in [9.17, 15) is 14.7 Å². The first-order valence-electron chi connectivity index (χ1n) is 6.80. The molecule has 110 valence electrons. The summed E-state index contributed by atoms with van der Waals surface area (Å²) in [7, 11) is 0. The van der Waals surface area contributed by atoms with Gasteiger partial charge in [0, 0.05) is 12.2 Å². The van der Waals surface area contributed by atoms with Crippen molar-refractivity contribution in [2.75, 3.05) is 0 Å². The molecule has 21 heavy (non-hydrogen) atoms. The quantitative estimate of drug-likeness (QED) is 0.883. The third kappa shape index (κ3) is 2.49. The number of nitrogens with zero attached hydrogens (tertiary/aromatic N) is 1. The Hall–Kier alpha value is -2.01. The van der Waals surface area contributed by atoms with Crippen molar-refractivity contribution in [3.05, 3.63) is 46.6 Å². The summed E-state index contributed by atoms with van der Waals surface area (Å²) in [6.07, 6.45) is 2.28. The molecule has 1 aliphatic heterocycles. The first kappa shape index (κ1) is 13.9. The molecule has 0 saturated carbocycles. The second-order valence-electron chi connectivity index (χ2n) is 5.11. The summed E-state index contributed by atoms with van der Waals surface area (Å²) >= 11 is 5.70. The maximum Gasteiger partial charge on any atom is 0.312 e. The molecule has 3 heterocycles. The van der Waals surface area contributed by atoms with Crippen LogP contribution in [0.25, 0.3) is 0 Å². The number of aliphatic carboxylic acids is 1. The average molecular weight is 308 g/mol. The molecule has 5 nitrogen and oxygen atoms in total. The lowest BCUT2D eigenvalue weighted by Gasteiger charge is -2.12. The van der Waals surface area contributed by atoms with Crippen LogP contribution in [0.1, 0.15) is 47.1 Å². The van der Waals surface area contributed by atoms with Gasteiger partial charge in [-0.25, -0.2) is 0 Å². The molecule has 3 rings (SSSR count). The zero-order valence-corrected chi connectivity index (χ0v) is 12.0. The van der Waals surface area contributed by atoms with Crippen molar-refractivity contribution in [2.45, 2.75) is 31.7 Å². The van der Waals surface area contributed by atoms with E-state index in [1.54, 1.807) is 16.7 Å². The number of halogens is 1. The summed E-state index contributed by atoms with van der Waals surface area (Å²) in [6, 6.07) is 6.42. The molecule has 1 aliphatic rings. The summed E-state index contributed by atoms with van der Waals surface area (Å²) < 4.78 is 6.95. The van der Waals surface area contributed by atoms with E-state index in [0.717, 1.165) is 12.8 Å². The highest BCUT2D eigenvalue weighted by Gasteiger charge is 2.28. The number of fused-ring (bicyclic) bond motifs is 1. The topological polar surface area (TPSA) is 72.4 Å². The molecule has 0 fully saturated rings. The van der Waals surface area contributed by atoms with Crippen molar-refractivity contribution in [2.24, 2.45) is 0 Å². The highest BCUT2D eigenvalue weighted by atomic mass is 35.5. The van der Waals surface area contributed by atoms with Crippen LogP contribution >= 0.6 is 11.6 Å². The lowest BCUT2D eigenvalue weighted by atomic mass is 10.0. The molecule has 0 saturated heterocycles. The normalized spacial score (nSPS) is 18.0. The molecule has 2 aromatic rings. The first-order valence-corrected chi connectivity index (χ1v) is 7.18. The van der Waals surface area contributed by atoms with Crippen LogP contribution in [0.4, 0.5) is 0 Å². The Morgan fingerprint density at radius 1 is 1.24 bits per heavy atom. The van der Waals surface area contributed by atoms with Gasteiger partial charge in [0.1, 0.15) is 0 Å². The van der Waals surface area contributed by atoms with E-state index in [1.807, 2.05) is 0 Å². The van der Waals surface area contributed by atoms with Gasteiger partial charge in [0.25, 0.3) is 0 Å². The van der Waals surface area contributed by atoms with Crippen LogP contribution in [0, 0.1) is 0 Å². The number of hydrogen-bond donors (Lipinski definition) is 1. The molecule has 0 aromatic carbocycles. The molecule has 6 heteroatoms. The third-order valence-electron chi connectivity index (χ3n) is 3.82. The van der Waals surface area contributed by atoms with E-state index in [1.165, 1.54) is 12.1 Å². The minimum Gasteiger partial charge on any atom is -0.481 e. The largest absolute Gasteiger partial charge is 0.481 e. The van der Waals surface area contributed by atoms with Crippen molar-refractivity contribution >= 4 is 23.4 Å². The van der Waals surface area contributed by atoms with Crippen LogP contribution in [0.5, 0.6) is 0 Å². The third-order valence-corrected chi connectivity index (χ3v) is 4.03. The van der Waals surface area contributed by atoms with Crippen molar-refractivity contribution in [3.63, 3.8) is 0 Å². The molecule has 0 spiro atoms. The van der Waals surface area contributed by atoms with Crippen molar-refractivity contribution in [1.29, 1.82) is 0 Å². The molecule has 0 radical (unpaired) electrons. The number of carboxylic acids is 1. The molecule has 0 bridgehead atoms. The van der Waals surface area contributed by atoms with E-state index < -0.39 is 11.9 Å². The van der Waals surface area contributed by atoms with Crippen molar-refractivity contribution in [1.82, 2.24) is 4.57 Å². The second-order valence-corrected chi connectivity index (χ2v) is 5.49. The van der Waals surface area contributed by atoms with Gasteiger partial charge in [-0.2, -0.15) is 0 Å². The molecular formula is C15H14ClNO4. The van der Waals surface area contributed by atoms with Gasteiger partial charge in [0.05, 0.1) is 11.6 Å². The summed E-state index contributed by atoms with van der Waals surface area (Å²) in [5.41, 5.74) is 1.13. The number of carbonyl (C=O) groups excluding carboxylic acids is 1. The summed E-state index contributed by atoms with van der Waals surface area (Å²) in [6.45, 7) is 0.641. The Bertz CT molecular complexity index is 700. The number of furan rings is 1. The van der Waals surface area contributed by atoms with E-state index >= 15 is 0 Å². The van der Waals surface area contributed by atoms with Gasteiger partial charge in [0.2, 0.25) is 5.78 Å². The molecule has 2 aromatic heterocycles. The van der Waals surface area contributed by atoms with E-state index in [0.29, 0.717) is 24.4 Å². The second kappa shape index (κ2) is 5.41. The van der Waals surface area contributed by atoms with Crippen LogP contribution in [-0.2, 0) is 11.3 Å². The highest BCUT2D eigenvalue weighted by Crippen LogP contribution is 2.30. The molecule has 0 amide bonds. The zero-order chi connectivity index (χ0) is 15.0. The van der Waals surface area contributed by atoms with Crippen molar-refractivity contribution in [3.8, 4) is 0 Å². The van der Waals surface area contributed by atoms with Gasteiger partial charge < -0.3 is 14.1 Å². The summed E-state index contributed by atoms with van der Waals surface area (Å²) in [4.78, 5) is 23.8. The maximum absolute atomic E-state index is 12.5. The predicted molar refractivity (Wildman–Crippen MR) is 75.8 cm³/mol. The predicted octanol–water partition coefficient (Wildman–Crippen LogP) is 3.32. The van der Waals surface area contributed by atoms with Crippen LogP contribution in [-0.4, -0.2) is 21.4 Å². The number of carboxylic acid groups (broad SMARTS) is 1. The van der Waals surface area contributed by atoms with Gasteiger partial charge >= 0.3 is 5.97 Å². The molecule has 1 N–H and O–H groups in total. The minimum atomic E-state index is -0.851. The average Bonchev–Trinajstić information content (AvgIpc) is 2.99. The SMILES string of the molecule is O=C(c1ccc(Cl)o1)c1ccc2n1CCCCC2C(=O)O. The van der Waals surface area contributed by atoms with Gasteiger partial charge in [0.15, 0.2) is 11.0 Å². The van der Waals surface area contributed by atoms with Crippen LogP contribution in [0.2, 0.25) is 5.22 Å². The molecular weight excluding hydrogens is 294 g/mol. The zero-order valence-electron chi connectivity index (χ0n) is 11.2. The van der Waals surface area contributed by atoms with Gasteiger partial charge in [-0.05, 0) is 48.7 Å². The van der Waals surface area contributed by atoms with Crippen LogP contribution < -0.4 is 0 Å². The van der Waals surface area contributed by atoms with E-state index in [2.05, 4.69) is 0 Å². The lowest BCUT2D eigenvalue weighted by molar-refractivity contribution is -0.139. The number of ketones is 1. The Kier molecular flexibility index (Phi) is 3.59. The molecule has 1 atom stereocenters. The fourth-order valence-electron chi connectivity index (χ4n) is 2.81. The molecule has 0 aliphatic carbocycles. The minimum absolute atomic E-state index is 0.157. The highest BCUT2D eigenvalue weighted by molar-refractivity contribution is 6.29. The summed E-state index contributed by atoms with van der Waals surface area (Å²) in [5.74, 6) is -1.53. The van der Waals surface area contributed by atoms with E-state index in [-0.39, 0.29) is 16.8 Å². The van der Waals surface area contributed by atoms with Gasteiger partial charge in [-0.15, -0.1) is 0 Å². The Balaban J connectivity index is 2.02. The monoisotopic (exact) mass is 307 g/mol. The standard InChI is InChI=1S/C15H14ClNO4/c16-13-7-6-12(21-13)14(18)11-5-4-10-9(15(19)20)3-1-2-8-17(10)11/h4-7,9H,1-3,8H2,(H,19,20).